The van der Waals surface area contributed by atoms with Crippen LogP contribution < -0.4 is 10.6 Å². The van der Waals surface area contributed by atoms with Gasteiger partial charge in [0.2, 0.25) is 0 Å². The summed E-state index contributed by atoms with van der Waals surface area (Å²) in [6, 6.07) is 0.169. The first-order chi connectivity index (χ1) is 8.62. The second-order valence-electron chi connectivity index (χ2n) is 6.29. The van der Waals surface area contributed by atoms with E-state index >= 15 is 0 Å². The number of amides is 1. The van der Waals surface area contributed by atoms with Gasteiger partial charge >= 0.3 is 12.1 Å². The predicted octanol–water partition coefficient (Wildman–Crippen LogP) is 1.50. The minimum Gasteiger partial charge on any atom is -0.481 e. The molecule has 0 bridgehead atoms. The molecule has 1 heterocycles. The molecule has 1 fully saturated rings. The van der Waals surface area contributed by atoms with Gasteiger partial charge in [-0.1, -0.05) is 0 Å². The van der Waals surface area contributed by atoms with E-state index in [1.165, 1.54) is 0 Å². The molecule has 0 aromatic carbocycles. The quantitative estimate of drug-likeness (QED) is 0.724. The van der Waals surface area contributed by atoms with Gasteiger partial charge in [-0.15, -0.1) is 0 Å². The lowest BCUT2D eigenvalue weighted by Gasteiger charge is -2.40. The fourth-order valence-corrected chi connectivity index (χ4v) is 2.45. The molecule has 1 aliphatic rings. The Morgan fingerprint density at radius 2 is 2.11 bits per heavy atom. The summed E-state index contributed by atoms with van der Waals surface area (Å²) in [5.74, 6) is -0.912. The summed E-state index contributed by atoms with van der Waals surface area (Å²) in [5.41, 5.74) is -1.31. The lowest BCUT2D eigenvalue weighted by molar-refractivity contribution is -0.139. The van der Waals surface area contributed by atoms with Crippen LogP contribution in [-0.4, -0.2) is 40.9 Å². The number of aliphatic carboxylic acids is 1. The van der Waals surface area contributed by atoms with Crippen molar-refractivity contribution in [3.8, 4) is 0 Å². The molecule has 19 heavy (non-hydrogen) atoms. The highest BCUT2D eigenvalue weighted by Crippen LogP contribution is 2.26. The van der Waals surface area contributed by atoms with Crippen LogP contribution in [0, 0.1) is 0 Å². The van der Waals surface area contributed by atoms with E-state index < -0.39 is 23.2 Å². The number of carbonyl (C=O) groups excluding carboxylic acids is 1. The number of piperidine rings is 1. The summed E-state index contributed by atoms with van der Waals surface area (Å²) in [6.07, 6.45) is 0.530. The number of carboxylic acid groups (broad SMARTS) is 1. The normalized spacial score (nSPS) is 27.7. The van der Waals surface area contributed by atoms with Gasteiger partial charge in [-0.05, 0) is 47.1 Å². The maximum absolute atomic E-state index is 11.9. The van der Waals surface area contributed by atoms with Crippen molar-refractivity contribution in [2.75, 3.05) is 6.54 Å². The van der Waals surface area contributed by atoms with E-state index in [0.717, 1.165) is 0 Å². The Bertz CT molecular complexity index is 351. The molecule has 1 rings (SSSR count). The number of hydrogen-bond acceptors (Lipinski definition) is 4. The van der Waals surface area contributed by atoms with Crippen molar-refractivity contribution in [3.63, 3.8) is 0 Å². The van der Waals surface area contributed by atoms with E-state index in [0.29, 0.717) is 19.4 Å². The van der Waals surface area contributed by atoms with Crippen LogP contribution in [0.1, 0.15) is 47.0 Å². The molecule has 6 nitrogen and oxygen atoms in total. The Labute approximate surface area is 113 Å². The average Bonchev–Trinajstić information content (AvgIpc) is 2.11. The van der Waals surface area contributed by atoms with E-state index in [-0.39, 0.29) is 12.5 Å². The highest BCUT2D eigenvalue weighted by molar-refractivity contribution is 5.73. The molecule has 2 unspecified atom stereocenters. The van der Waals surface area contributed by atoms with E-state index in [4.69, 9.17) is 9.84 Å². The van der Waals surface area contributed by atoms with Crippen LogP contribution >= 0.6 is 0 Å². The molecule has 0 aromatic heterocycles. The molecule has 0 radical (unpaired) electrons. The van der Waals surface area contributed by atoms with Crippen LogP contribution in [0.5, 0.6) is 0 Å². The van der Waals surface area contributed by atoms with Gasteiger partial charge in [0.05, 0.1) is 12.0 Å². The first-order valence-electron chi connectivity index (χ1n) is 6.58. The van der Waals surface area contributed by atoms with Crippen LogP contribution in [-0.2, 0) is 9.53 Å². The number of alkyl carbamates (subject to hydrolysis) is 1. The molecule has 0 spiro atoms. The number of carbonyl (C=O) groups is 2. The van der Waals surface area contributed by atoms with Gasteiger partial charge < -0.3 is 20.5 Å². The summed E-state index contributed by atoms with van der Waals surface area (Å²) >= 11 is 0. The highest BCUT2D eigenvalue weighted by Gasteiger charge is 2.39. The molecule has 3 N–H and O–H groups in total. The summed E-state index contributed by atoms with van der Waals surface area (Å²) < 4.78 is 5.22. The minimum atomic E-state index is -0.912. The molecule has 1 amide bonds. The molecule has 1 aliphatic heterocycles. The molecule has 1 saturated heterocycles. The van der Waals surface area contributed by atoms with Crippen molar-refractivity contribution < 1.29 is 19.4 Å². The van der Waals surface area contributed by atoms with Crippen molar-refractivity contribution in [2.24, 2.45) is 0 Å². The zero-order valence-corrected chi connectivity index (χ0v) is 12.1. The molecule has 0 aromatic rings. The van der Waals surface area contributed by atoms with Crippen LogP contribution in [0.4, 0.5) is 4.79 Å². The lowest BCUT2D eigenvalue weighted by Crippen LogP contribution is -2.58. The summed E-state index contributed by atoms with van der Waals surface area (Å²) in [4.78, 5) is 22.9. The van der Waals surface area contributed by atoms with E-state index in [1.54, 1.807) is 20.8 Å². The van der Waals surface area contributed by atoms with Crippen molar-refractivity contribution >= 4 is 12.1 Å². The zero-order chi connectivity index (χ0) is 14.7. The van der Waals surface area contributed by atoms with E-state index in [2.05, 4.69) is 10.6 Å². The van der Waals surface area contributed by atoms with Gasteiger partial charge in [-0.25, -0.2) is 4.79 Å². The fraction of sp³-hybridized carbons (Fsp3) is 0.846. The lowest BCUT2D eigenvalue weighted by atomic mass is 9.82. The summed E-state index contributed by atoms with van der Waals surface area (Å²) in [5, 5.41) is 15.1. The fourth-order valence-electron chi connectivity index (χ4n) is 2.45. The standard InChI is InChI=1S/C13H24N2O4/c1-9-7-13(5-6-14-9,8-10(16)17)15-11(18)19-12(2,3)4/h9,14H,5-8H2,1-4H3,(H,15,18)(H,16,17). The van der Waals surface area contributed by atoms with Crippen molar-refractivity contribution in [2.45, 2.75) is 64.1 Å². The molecular weight excluding hydrogens is 248 g/mol. The molecular formula is C13H24N2O4. The zero-order valence-electron chi connectivity index (χ0n) is 12.1. The van der Waals surface area contributed by atoms with Gasteiger partial charge in [-0.3, -0.25) is 4.79 Å². The molecule has 2 atom stereocenters. The predicted molar refractivity (Wildman–Crippen MR) is 71.1 cm³/mol. The summed E-state index contributed by atoms with van der Waals surface area (Å²) in [6.45, 7) is 8.00. The Morgan fingerprint density at radius 1 is 1.47 bits per heavy atom. The Hall–Kier alpha value is -1.30. The SMILES string of the molecule is CC1CC(CC(=O)O)(NC(=O)OC(C)(C)C)CCN1. The molecule has 0 saturated carbocycles. The highest BCUT2D eigenvalue weighted by atomic mass is 16.6. The molecule has 110 valence electrons. The topological polar surface area (TPSA) is 87.7 Å². The third kappa shape index (κ3) is 5.46. The van der Waals surface area contributed by atoms with Gasteiger partial charge in [-0.2, -0.15) is 0 Å². The monoisotopic (exact) mass is 272 g/mol. The number of nitrogens with one attached hydrogen (secondary N) is 2. The van der Waals surface area contributed by atoms with Crippen LogP contribution in [0.25, 0.3) is 0 Å². The van der Waals surface area contributed by atoms with Gasteiger partial charge in [0.1, 0.15) is 5.60 Å². The van der Waals surface area contributed by atoms with Crippen LogP contribution in [0.3, 0.4) is 0 Å². The third-order valence-corrected chi connectivity index (χ3v) is 3.05. The largest absolute Gasteiger partial charge is 0.481 e. The second kappa shape index (κ2) is 5.77. The Kier molecular flexibility index (Phi) is 4.79. The maximum Gasteiger partial charge on any atom is 0.408 e. The van der Waals surface area contributed by atoms with Crippen molar-refractivity contribution in [3.05, 3.63) is 0 Å². The smallest absolute Gasteiger partial charge is 0.408 e. The maximum atomic E-state index is 11.9. The Morgan fingerprint density at radius 3 is 2.58 bits per heavy atom. The number of carboxylic acids is 1. The van der Waals surface area contributed by atoms with Gasteiger partial charge in [0, 0.05) is 6.04 Å². The second-order valence-corrected chi connectivity index (χ2v) is 6.29. The van der Waals surface area contributed by atoms with E-state index in [1.807, 2.05) is 6.92 Å². The van der Waals surface area contributed by atoms with Crippen molar-refractivity contribution in [1.82, 2.24) is 10.6 Å². The first kappa shape index (κ1) is 15.8. The first-order valence-corrected chi connectivity index (χ1v) is 6.58. The Balaban J connectivity index is 2.74. The van der Waals surface area contributed by atoms with Crippen molar-refractivity contribution in [1.29, 1.82) is 0 Å². The third-order valence-electron chi connectivity index (χ3n) is 3.05. The minimum absolute atomic E-state index is 0.0851. The molecule has 6 heteroatoms. The number of rotatable bonds is 3. The average molecular weight is 272 g/mol. The number of hydrogen-bond donors (Lipinski definition) is 3. The number of ether oxygens (including phenoxy) is 1. The van der Waals surface area contributed by atoms with Crippen LogP contribution in [0.15, 0.2) is 0 Å². The molecule has 0 aliphatic carbocycles. The van der Waals surface area contributed by atoms with E-state index in [9.17, 15) is 9.59 Å². The van der Waals surface area contributed by atoms with Crippen LogP contribution in [0.2, 0.25) is 0 Å². The van der Waals surface area contributed by atoms with Gasteiger partial charge in [0.15, 0.2) is 0 Å². The summed E-state index contributed by atoms with van der Waals surface area (Å²) in [7, 11) is 0. The van der Waals surface area contributed by atoms with Gasteiger partial charge in [0.25, 0.3) is 0 Å².